The monoisotopic (exact) mass is 544 g/mol. The topological polar surface area (TPSA) is 49.9 Å². The van der Waals surface area contributed by atoms with Gasteiger partial charge in [0.25, 0.3) is 0 Å². The summed E-state index contributed by atoms with van der Waals surface area (Å²) in [5, 5.41) is 0. The van der Waals surface area contributed by atoms with Gasteiger partial charge in [-0.15, -0.1) is 0 Å². The van der Waals surface area contributed by atoms with Gasteiger partial charge >= 0.3 is 0 Å². The molecule has 0 saturated carbocycles. The van der Waals surface area contributed by atoms with Crippen molar-refractivity contribution in [3.63, 3.8) is 0 Å². The van der Waals surface area contributed by atoms with Crippen LogP contribution in [0.15, 0.2) is 48.6 Å². The maximum Gasteiger partial charge on any atom is 0.236 e. The number of carbonyl (C=O) groups is 2. The van der Waals surface area contributed by atoms with E-state index in [2.05, 4.69) is 33.5 Å². The summed E-state index contributed by atoms with van der Waals surface area (Å²) in [7, 11) is -2.06. The molecule has 0 aliphatic carbocycles. The molecule has 1 aromatic carbocycles. The normalized spacial score (nSPS) is 23.0. The van der Waals surface area contributed by atoms with Gasteiger partial charge < -0.3 is 9.33 Å². The Kier molecular flexibility index (Phi) is 10.1. The average Bonchev–Trinajstić information content (AvgIpc) is 3.38. The molecule has 0 aromatic heterocycles. The zero-order valence-electron chi connectivity index (χ0n) is 22.3. The number of thiocarbonyl (C=S) groups is 1. The highest BCUT2D eigenvalue weighted by atomic mass is 32.2. The van der Waals surface area contributed by atoms with Crippen molar-refractivity contribution in [1.29, 1.82) is 0 Å². The zero-order valence-corrected chi connectivity index (χ0v) is 25.0. The third kappa shape index (κ3) is 7.18. The number of benzene rings is 1. The third-order valence-corrected chi connectivity index (χ3v) is 9.13. The van der Waals surface area contributed by atoms with Crippen LogP contribution in [-0.4, -0.2) is 64.7 Å². The Morgan fingerprint density at radius 3 is 2.53 bits per heavy atom. The molecule has 2 aliphatic rings. The lowest BCUT2D eigenvalue weighted by Gasteiger charge is -2.40. The van der Waals surface area contributed by atoms with Crippen molar-refractivity contribution in [2.75, 3.05) is 12.3 Å². The van der Waals surface area contributed by atoms with Crippen LogP contribution in [0.1, 0.15) is 39.2 Å². The molecule has 0 unspecified atom stereocenters. The number of carbonyl (C=O) groups excluding carboxylic acids is 2. The van der Waals surface area contributed by atoms with E-state index < -0.39 is 20.3 Å². The summed E-state index contributed by atoms with van der Waals surface area (Å²) in [4.78, 5) is 31.2. The van der Waals surface area contributed by atoms with Crippen molar-refractivity contribution in [2.45, 2.75) is 71.4 Å². The van der Waals surface area contributed by atoms with Crippen molar-refractivity contribution in [2.24, 2.45) is 11.8 Å². The summed E-state index contributed by atoms with van der Waals surface area (Å²) in [5.41, 5.74) is 1.05. The predicted octanol–water partition coefficient (Wildman–Crippen LogP) is 5.99. The van der Waals surface area contributed by atoms with E-state index >= 15 is 0 Å². The van der Waals surface area contributed by atoms with Gasteiger partial charge in [0.15, 0.2) is 8.32 Å². The summed E-state index contributed by atoms with van der Waals surface area (Å²) in [5.74, 6) is 0.623. The van der Waals surface area contributed by atoms with E-state index in [1.54, 1.807) is 11.8 Å². The summed E-state index contributed by atoms with van der Waals surface area (Å²) in [6.07, 6.45) is 8.62. The number of nitrogens with zero attached hydrogens (tertiary/aromatic N) is 2. The van der Waals surface area contributed by atoms with Crippen LogP contribution >= 0.6 is 24.0 Å². The molecular formula is C28H40N2O3S2Si. The first kappa shape index (κ1) is 28.8. The third-order valence-electron chi connectivity index (χ3n) is 6.65. The lowest BCUT2D eigenvalue weighted by molar-refractivity contribution is -0.139. The van der Waals surface area contributed by atoms with Crippen LogP contribution < -0.4 is 0 Å². The average molecular weight is 545 g/mol. The van der Waals surface area contributed by atoms with E-state index in [0.29, 0.717) is 23.7 Å². The number of likely N-dealkylation sites (tertiary alicyclic amines) is 1. The van der Waals surface area contributed by atoms with E-state index in [4.69, 9.17) is 16.6 Å². The molecular weight excluding hydrogens is 505 g/mol. The molecule has 196 valence electrons. The Bertz CT molecular complexity index is 990. The molecule has 2 heterocycles. The van der Waals surface area contributed by atoms with Gasteiger partial charge in [-0.1, -0.05) is 92.5 Å². The highest BCUT2D eigenvalue weighted by Gasteiger charge is 2.48. The van der Waals surface area contributed by atoms with E-state index in [1.807, 2.05) is 71.4 Å². The van der Waals surface area contributed by atoms with E-state index in [9.17, 15) is 9.59 Å². The number of thioether (sulfide) groups is 1. The molecule has 2 aliphatic heterocycles. The first-order valence-corrected chi connectivity index (χ1v) is 17.6. The predicted molar refractivity (Wildman–Crippen MR) is 157 cm³/mol. The largest absolute Gasteiger partial charge is 0.410 e. The zero-order chi connectivity index (χ0) is 26.5. The Morgan fingerprint density at radius 2 is 1.92 bits per heavy atom. The highest BCUT2D eigenvalue weighted by Crippen LogP contribution is 2.36. The van der Waals surface area contributed by atoms with Gasteiger partial charge in [0.2, 0.25) is 11.8 Å². The SMILES string of the molecule is C/C=C/CN1C(=O)CC[C@@H]1[C@H](C(=O)N1C(=S)SC[C@@H]1C(C)C)[C@H](/C=C/c1ccccc1)O[Si](C)(C)C. The van der Waals surface area contributed by atoms with E-state index in [0.717, 1.165) is 11.3 Å². The molecule has 4 atom stereocenters. The highest BCUT2D eigenvalue weighted by molar-refractivity contribution is 8.23. The van der Waals surface area contributed by atoms with Gasteiger partial charge in [0, 0.05) is 30.8 Å². The smallest absolute Gasteiger partial charge is 0.236 e. The first-order valence-electron chi connectivity index (χ1n) is 12.8. The van der Waals surface area contributed by atoms with Crippen LogP contribution in [0.2, 0.25) is 19.6 Å². The Balaban J connectivity index is 2.09. The van der Waals surface area contributed by atoms with Crippen LogP contribution in [0.3, 0.4) is 0 Å². The molecule has 0 spiro atoms. The molecule has 1 aromatic rings. The fraction of sp³-hybridized carbons (Fsp3) is 0.536. The molecule has 5 nitrogen and oxygen atoms in total. The van der Waals surface area contributed by atoms with Crippen LogP contribution in [0.25, 0.3) is 6.08 Å². The van der Waals surface area contributed by atoms with E-state index in [-0.39, 0.29) is 29.8 Å². The van der Waals surface area contributed by atoms with Crippen molar-refractivity contribution < 1.29 is 14.0 Å². The number of hydrogen-bond acceptors (Lipinski definition) is 5. The maximum absolute atomic E-state index is 14.5. The fourth-order valence-corrected chi connectivity index (χ4v) is 7.54. The van der Waals surface area contributed by atoms with Gasteiger partial charge in [0.1, 0.15) is 4.32 Å². The van der Waals surface area contributed by atoms with Gasteiger partial charge in [-0.2, -0.15) is 0 Å². The first-order chi connectivity index (χ1) is 17.0. The van der Waals surface area contributed by atoms with Gasteiger partial charge in [-0.25, -0.2) is 0 Å². The summed E-state index contributed by atoms with van der Waals surface area (Å²) in [6, 6.07) is 9.86. The quantitative estimate of drug-likeness (QED) is 0.206. The Hall–Kier alpha value is -1.74. The van der Waals surface area contributed by atoms with E-state index in [1.165, 1.54) is 0 Å². The molecule has 3 rings (SSSR count). The van der Waals surface area contributed by atoms with Crippen LogP contribution in [0.4, 0.5) is 0 Å². The molecule has 2 amide bonds. The summed E-state index contributed by atoms with van der Waals surface area (Å²) >= 11 is 7.27. The Morgan fingerprint density at radius 1 is 1.22 bits per heavy atom. The molecule has 2 fully saturated rings. The lowest BCUT2D eigenvalue weighted by Crippen LogP contribution is -2.55. The number of amides is 2. The van der Waals surface area contributed by atoms with Gasteiger partial charge in [-0.3, -0.25) is 14.5 Å². The minimum absolute atomic E-state index is 0.0187. The number of allylic oxidation sites excluding steroid dienone is 1. The maximum atomic E-state index is 14.5. The van der Waals surface area contributed by atoms with Crippen molar-refractivity contribution >= 4 is 54.5 Å². The fourth-order valence-electron chi connectivity index (χ4n) is 4.86. The number of hydrogen-bond donors (Lipinski definition) is 0. The standard InChI is InChI=1S/C28H40N2O3S2Si/c1-7-8-18-29-22(15-17-25(29)31)26(27(32)30-23(20(2)3)19-35-28(30)34)24(33-36(4,5)6)16-14-21-12-10-9-11-13-21/h7-14,16,20,22-24,26H,15,17-19H2,1-6H3/b8-7+,16-14+/t22-,23-,24+,26+/m1/s1. The second-order valence-electron chi connectivity index (χ2n) is 10.8. The second kappa shape index (κ2) is 12.7. The van der Waals surface area contributed by atoms with Crippen molar-refractivity contribution in [3.8, 4) is 0 Å². The van der Waals surface area contributed by atoms with Crippen molar-refractivity contribution in [3.05, 3.63) is 54.1 Å². The second-order valence-corrected chi connectivity index (χ2v) is 16.9. The molecule has 36 heavy (non-hydrogen) atoms. The molecule has 8 heteroatoms. The Labute approximate surface area is 227 Å². The van der Waals surface area contributed by atoms with Crippen LogP contribution in [-0.2, 0) is 14.0 Å². The minimum atomic E-state index is -2.06. The van der Waals surface area contributed by atoms with Crippen molar-refractivity contribution in [1.82, 2.24) is 9.80 Å². The molecule has 0 N–H and O–H groups in total. The summed E-state index contributed by atoms with van der Waals surface area (Å²) in [6.45, 7) is 13.1. The summed E-state index contributed by atoms with van der Waals surface area (Å²) < 4.78 is 7.36. The van der Waals surface area contributed by atoms with Crippen LogP contribution in [0.5, 0.6) is 0 Å². The lowest BCUT2D eigenvalue weighted by atomic mass is 9.88. The number of rotatable bonds is 10. The van der Waals surface area contributed by atoms with Gasteiger partial charge in [0.05, 0.1) is 12.0 Å². The molecule has 0 radical (unpaired) electrons. The molecule has 2 saturated heterocycles. The molecule has 0 bridgehead atoms. The minimum Gasteiger partial charge on any atom is -0.410 e. The van der Waals surface area contributed by atoms with Crippen LogP contribution in [0, 0.1) is 11.8 Å². The van der Waals surface area contributed by atoms with Gasteiger partial charge in [-0.05, 0) is 44.5 Å².